The van der Waals surface area contributed by atoms with Gasteiger partial charge in [0.1, 0.15) is 18.5 Å². The summed E-state index contributed by atoms with van der Waals surface area (Å²) in [5, 5.41) is 24.7. The van der Waals surface area contributed by atoms with E-state index in [0.717, 1.165) is 5.56 Å². The SMILES string of the molecule is CC(C)SCC1OC(n2cnc3c(NCc4ccccc4)ncnc32)C(O)C1O. The van der Waals surface area contributed by atoms with Crippen LogP contribution in [0.4, 0.5) is 5.82 Å². The fraction of sp³-hybridized carbons (Fsp3) is 0.450. The first-order valence-electron chi connectivity index (χ1n) is 9.63. The molecule has 1 aliphatic heterocycles. The Morgan fingerprint density at radius 3 is 2.69 bits per heavy atom. The summed E-state index contributed by atoms with van der Waals surface area (Å²) in [7, 11) is 0. The molecule has 0 spiro atoms. The van der Waals surface area contributed by atoms with Crippen molar-refractivity contribution in [2.24, 2.45) is 0 Å². The Hall–Kier alpha value is -2.20. The smallest absolute Gasteiger partial charge is 0.167 e. The first-order valence-corrected chi connectivity index (χ1v) is 10.7. The molecule has 3 aromatic rings. The highest BCUT2D eigenvalue weighted by Gasteiger charge is 2.44. The van der Waals surface area contributed by atoms with Gasteiger partial charge in [0.05, 0.1) is 12.4 Å². The van der Waals surface area contributed by atoms with E-state index in [2.05, 4.69) is 34.1 Å². The molecule has 0 aliphatic carbocycles. The molecule has 1 saturated heterocycles. The first-order chi connectivity index (χ1) is 14.0. The van der Waals surface area contributed by atoms with Gasteiger partial charge in [-0.25, -0.2) is 15.0 Å². The number of aliphatic hydroxyl groups excluding tert-OH is 2. The monoisotopic (exact) mass is 415 g/mol. The standard InChI is InChI=1S/C20H25N5O3S/c1-12(2)29-9-14-16(26)17(27)20(28-14)25-11-24-15-18(22-10-23-19(15)25)21-8-13-6-4-3-5-7-13/h3-7,10-12,14,16-17,20,26-27H,8-9H2,1-2H3,(H,21,22,23). The molecule has 1 fully saturated rings. The maximum absolute atomic E-state index is 10.6. The van der Waals surface area contributed by atoms with Gasteiger partial charge in [0.2, 0.25) is 0 Å². The van der Waals surface area contributed by atoms with Gasteiger partial charge < -0.3 is 20.3 Å². The summed E-state index contributed by atoms with van der Waals surface area (Å²) in [6.45, 7) is 4.78. The van der Waals surface area contributed by atoms with Crippen molar-refractivity contribution in [2.45, 2.75) is 50.2 Å². The minimum atomic E-state index is -1.05. The van der Waals surface area contributed by atoms with Crippen molar-refractivity contribution in [2.75, 3.05) is 11.1 Å². The molecular formula is C20H25N5O3S. The zero-order chi connectivity index (χ0) is 20.4. The second kappa shape index (κ2) is 8.66. The van der Waals surface area contributed by atoms with E-state index in [4.69, 9.17) is 4.74 Å². The van der Waals surface area contributed by atoms with Gasteiger partial charge in [-0.05, 0) is 10.8 Å². The van der Waals surface area contributed by atoms with Crippen LogP contribution in [0.15, 0.2) is 43.0 Å². The highest BCUT2D eigenvalue weighted by molar-refractivity contribution is 7.99. The van der Waals surface area contributed by atoms with Crippen molar-refractivity contribution in [3.63, 3.8) is 0 Å². The fourth-order valence-corrected chi connectivity index (χ4v) is 4.18. The van der Waals surface area contributed by atoms with Crippen LogP contribution in [0.5, 0.6) is 0 Å². The average molecular weight is 416 g/mol. The lowest BCUT2D eigenvalue weighted by molar-refractivity contribution is -0.0289. The normalized spacial score (nSPS) is 24.4. The van der Waals surface area contributed by atoms with Gasteiger partial charge in [0, 0.05) is 12.3 Å². The summed E-state index contributed by atoms with van der Waals surface area (Å²) in [6.07, 6.45) is -0.173. The van der Waals surface area contributed by atoms with Crippen LogP contribution in [-0.2, 0) is 11.3 Å². The predicted octanol–water partition coefficient (Wildman–Crippen LogP) is 2.20. The lowest BCUT2D eigenvalue weighted by Gasteiger charge is -2.16. The number of nitrogens with zero attached hydrogens (tertiary/aromatic N) is 4. The van der Waals surface area contributed by atoms with Crippen molar-refractivity contribution < 1.29 is 14.9 Å². The maximum Gasteiger partial charge on any atom is 0.167 e. The number of anilines is 1. The van der Waals surface area contributed by atoms with Crippen LogP contribution in [0.2, 0.25) is 0 Å². The van der Waals surface area contributed by atoms with Gasteiger partial charge in [0.15, 0.2) is 23.2 Å². The van der Waals surface area contributed by atoms with Gasteiger partial charge in [-0.3, -0.25) is 4.57 Å². The number of rotatable bonds is 7. The van der Waals surface area contributed by atoms with Crippen molar-refractivity contribution in [1.82, 2.24) is 19.5 Å². The molecule has 4 unspecified atom stereocenters. The van der Waals surface area contributed by atoms with Crippen LogP contribution in [0.25, 0.3) is 11.2 Å². The second-order valence-electron chi connectivity index (χ2n) is 7.31. The predicted molar refractivity (Wildman–Crippen MR) is 113 cm³/mol. The van der Waals surface area contributed by atoms with Gasteiger partial charge in [-0.1, -0.05) is 44.2 Å². The summed E-state index contributed by atoms with van der Waals surface area (Å²) >= 11 is 1.69. The van der Waals surface area contributed by atoms with Crippen LogP contribution < -0.4 is 5.32 Å². The molecule has 0 amide bonds. The van der Waals surface area contributed by atoms with Crippen molar-refractivity contribution >= 4 is 28.7 Å². The van der Waals surface area contributed by atoms with Crippen molar-refractivity contribution in [1.29, 1.82) is 0 Å². The third-order valence-corrected chi connectivity index (χ3v) is 6.05. The molecule has 154 valence electrons. The largest absolute Gasteiger partial charge is 0.387 e. The molecule has 8 nitrogen and oxygen atoms in total. The molecule has 4 rings (SSSR count). The number of benzene rings is 1. The van der Waals surface area contributed by atoms with E-state index < -0.39 is 24.5 Å². The summed E-state index contributed by atoms with van der Waals surface area (Å²) in [5.41, 5.74) is 2.26. The molecular weight excluding hydrogens is 390 g/mol. The molecule has 3 heterocycles. The number of imidazole rings is 1. The minimum absolute atomic E-state index is 0.419. The van der Waals surface area contributed by atoms with Crippen molar-refractivity contribution in [3.05, 3.63) is 48.5 Å². The molecule has 29 heavy (non-hydrogen) atoms. The molecule has 1 aliphatic rings. The molecule has 3 N–H and O–H groups in total. The van der Waals surface area contributed by atoms with E-state index >= 15 is 0 Å². The van der Waals surface area contributed by atoms with E-state index in [-0.39, 0.29) is 0 Å². The van der Waals surface area contributed by atoms with E-state index in [1.165, 1.54) is 6.33 Å². The highest BCUT2D eigenvalue weighted by Crippen LogP contribution is 2.34. The van der Waals surface area contributed by atoms with E-state index in [0.29, 0.717) is 34.5 Å². The van der Waals surface area contributed by atoms with Gasteiger partial charge in [-0.2, -0.15) is 11.8 Å². The topological polar surface area (TPSA) is 105 Å². The fourth-order valence-electron chi connectivity index (χ4n) is 3.33. The number of fused-ring (bicyclic) bond motifs is 1. The van der Waals surface area contributed by atoms with Gasteiger partial charge in [-0.15, -0.1) is 0 Å². The van der Waals surface area contributed by atoms with Gasteiger partial charge >= 0.3 is 0 Å². The Morgan fingerprint density at radius 2 is 1.93 bits per heavy atom. The molecule has 4 atom stereocenters. The van der Waals surface area contributed by atoms with Crippen LogP contribution in [0.1, 0.15) is 25.6 Å². The second-order valence-corrected chi connectivity index (χ2v) is 8.92. The third kappa shape index (κ3) is 4.23. The quantitative estimate of drug-likeness (QED) is 0.539. The number of aliphatic hydroxyl groups is 2. The summed E-state index contributed by atoms with van der Waals surface area (Å²) in [5.74, 6) is 1.22. The number of thioether (sulfide) groups is 1. The number of hydrogen-bond acceptors (Lipinski definition) is 8. The summed E-state index contributed by atoms with van der Waals surface area (Å²) in [4.78, 5) is 13.1. The number of ether oxygens (including phenoxy) is 1. The average Bonchev–Trinajstić information content (AvgIpc) is 3.27. The number of nitrogens with one attached hydrogen (secondary N) is 1. The third-order valence-electron chi connectivity index (χ3n) is 4.87. The van der Waals surface area contributed by atoms with Crippen LogP contribution in [0, 0.1) is 0 Å². The molecule has 9 heteroatoms. The lowest BCUT2D eigenvalue weighted by atomic mass is 10.1. The maximum atomic E-state index is 10.6. The number of hydrogen-bond donors (Lipinski definition) is 3. The molecule has 0 saturated carbocycles. The van der Waals surface area contributed by atoms with E-state index in [1.807, 2.05) is 30.3 Å². The zero-order valence-corrected chi connectivity index (χ0v) is 17.2. The molecule has 0 radical (unpaired) electrons. The minimum Gasteiger partial charge on any atom is -0.387 e. The van der Waals surface area contributed by atoms with E-state index in [1.54, 1.807) is 22.7 Å². The Balaban J connectivity index is 1.54. The Bertz CT molecular complexity index is 952. The summed E-state index contributed by atoms with van der Waals surface area (Å²) < 4.78 is 7.64. The molecule has 0 bridgehead atoms. The Labute approximate surface area is 173 Å². The van der Waals surface area contributed by atoms with Crippen LogP contribution >= 0.6 is 11.8 Å². The van der Waals surface area contributed by atoms with Gasteiger partial charge in [0.25, 0.3) is 0 Å². The van der Waals surface area contributed by atoms with Crippen molar-refractivity contribution in [3.8, 4) is 0 Å². The lowest BCUT2D eigenvalue weighted by Crippen LogP contribution is -2.32. The summed E-state index contributed by atoms with van der Waals surface area (Å²) in [6, 6.07) is 10.0. The highest BCUT2D eigenvalue weighted by atomic mass is 32.2. The molecule has 2 aromatic heterocycles. The van der Waals surface area contributed by atoms with E-state index in [9.17, 15) is 10.2 Å². The zero-order valence-electron chi connectivity index (χ0n) is 16.3. The Morgan fingerprint density at radius 1 is 1.14 bits per heavy atom. The first kappa shape index (κ1) is 20.1. The van der Waals surface area contributed by atoms with Crippen LogP contribution in [0.3, 0.4) is 0 Å². The number of aromatic nitrogens is 4. The Kier molecular flexibility index (Phi) is 6.00. The molecule has 1 aromatic carbocycles. The van der Waals surface area contributed by atoms with Crippen LogP contribution in [-0.4, -0.2) is 59.0 Å².